The standard InChI is InChI=1S/C34H39Cl2FN4O2/c1-2-26-6-3-7-29-30(34(42)38-23-25-8-13-31(35)32(36)22-25)24-41(33(26)29)17-5-16-39-14-4-15-40(19-18-39)20-21-43-28-11-9-27(37)10-12-28/h3,6-13,22,24H,2,4-5,14-21,23H2,1H3,(H,38,42). The number of hydrogen-bond donors (Lipinski definition) is 1. The van der Waals surface area contributed by atoms with Crippen LogP contribution in [0, 0.1) is 5.82 Å². The topological polar surface area (TPSA) is 49.7 Å². The Labute approximate surface area is 263 Å². The van der Waals surface area contributed by atoms with Gasteiger partial charge in [0.15, 0.2) is 0 Å². The summed E-state index contributed by atoms with van der Waals surface area (Å²) in [7, 11) is 0. The minimum Gasteiger partial charge on any atom is -0.492 e. The largest absolute Gasteiger partial charge is 0.492 e. The van der Waals surface area contributed by atoms with E-state index in [0.29, 0.717) is 34.5 Å². The number of amides is 1. The van der Waals surface area contributed by atoms with E-state index in [2.05, 4.69) is 32.7 Å². The maximum absolute atomic E-state index is 13.3. The quantitative estimate of drug-likeness (QED) is 0.183. The molecule has 2 heterocycles. The molecule has 1 N–H and O–H groups in total. The molecule has 0 atom stereocenters. The number of nitrogens with zero attached hydrogens (tertiary/aromatic N) is 3. The lowest BCUT2D eigenvalue weighted by atomic mass is 10.1. The summed E-state index contributed by atoms with van der Waals surface area (Å²) in [6.07, 6.45) is 5.03. The summed E-state index contributed by atoms with van der Waals surface area (Å²) >= 11 is 12.2. The van der Waals surface area contributed by atoms with Crippen molar-refractivity contribution in [2.24, 2.45) is 0 Å². The Morgan fingerprint density at radius 3 is 2.44 bits per heavy atom. The highest BCUT2D eigenvalue weighted by atomic mass is 35.5. The molecule has 1 saturated heterocycles. The van der Waals surface area contributed by atoms with Crippen LogP contribution < -0.4 is 10.1 Å². The second kappa shape index (κ2) is 15.1. The summed E-state index contributed by atoms with van der Waals surface area (Å²) in [5.74, 6) is 0.353. The number of hydrogen-bond acceptors (Lipinski definition) is 4. The van der Waals surface area contributed by atoms with Crippen LogP contribution in [0.3, 0.4) is 0 Å². The van der Waals surface area contributed by atoms with Crippen LogP contribution in [0.15, 0.2) is 66.9 Å². The monoisotopic (exact) mass is 624 g/mol. The van der Waals surface area contributed by atoms with E-state index in [1.165, 1.54) is 17.7 Å². The van der Waals surface area contributed by atoms with Crippen LogP contribution in [-0.2, 0) is 19.5 Å². The van der Waals surface area contributed by atoms with Crippen molar-refractivity contribution in [1.29, 1.82) is 0 Å². The number of para-hydroxylation sites is 1. The summed E-state index contributed by atoms with van der Waals surface area (Å²) < 4.78 is 21.2. The fourth-order valence-electron chi connectivity index (χ4n) is 5.77. The number of nitrogens with one attached hydrogen (secondary N) is 1. The molecule has 1 aromatic heterocycles. The average molecular weight is 626 g/mol. The highest BCUT2D eigenvalue weighted by molar-refractivity contribution is 6.42. The number of carbonyl (C=O) groups excluding carboxylic acids is 1. The maximum atomic E-state index is 13.3. The Kier molecular flexibility index (Phi) is 11.0. The minimum atomic E-state index is -0.252. The highest BCUT2D eigenvalue weighted by Crippen LogP contribution is 2.27. The number of halogens is 3. The molecule has 5 rings (SSSR count). The second-order valence-corrected chi connectivity index (χ2v) is 11.8. The molecule has 0 aliphatic carbocycles. The first-order chi connectivity index (χ1) is 20.9. The van der Waals surface area contributed by atoms with E-state index in [-0.39, 0.29) is 11.7 Å². The van der Waals surface area contributed by atoms with E-state index in [9.17, 15) is 9.18 Å². The van der Waals surface area contributed by atoms with Crippen molar-refractivity contribution < 1.29 is 13.9 Å². The average Bonchev–Trinajstić information content (AvgIpc) is 3.24. The fourth-order valence-corrected chi connectivity index (χ4v) is 6.09. The predicted octanol–water partition coefficient (Wildman–Crippen LogP) is 7.06. The van der Waals surface area contributed by atoms with Crippen molar-refractivity contribution in [1.82, 2.24) is 19.7 Å². The molecule has 9 heteroatoms. The van der Waals surface area contributed by atoms with E-state index in [1.54, 1.807) is 24.3 Å². The fraction of sp³-hybridized carbons (Fsp3) is 0.382. The Hall–Kier alpha value is -3.10. The van der Waals surface area contributed by atoms with Crippen LogP contribution in [0.4, 0.5) is 4.39 Å². The summed E-state index contributed by atoms with van der Waals surface area (Å²) in [4.78, 5) is 18.3. The van der Waals surface area contributed by atoms with Crippen LogP contribution in [0.25, 0.3) is 10.9 Å². The number of rotatable bonds is 12. The molecule has 1 aliphatic heterocycles. The van der Waals surface area contributed by atoms with Gasteiger partial charge in [0.25, 0.3) is 5.91 Å². The van der Waals surface area contributed by atoms with Gasteiger partial charge in [-0.1, -0.05) is 54.4 Å². The van der Waals surface area contributed by atoms with Gasteiger partial charge in [0, 0.05) is 44.3 Å². The van der Waals surface area contributed by atoms with Crippen molar-refractivity contribution in [2.45, 2.75) is 39.3 Å². The summed E-state index contributed by atoms with van der Waals surface area (Å²) in [5.41, 5.74) is 3.98. The molecule has 1 aliphatic rings. The van der Waals surface area contributed by atoms with Crippen LogP contribution in [-0.4, -0.2) is 66.1 Å². The first-order valence-corrected chi connectivity index (χ1v) is 15.8. The first kappa shape index (κ1) is 31.3. The van der Waals surface area contributed by atoms with Gasteiger partial charge in [-0.3, -0.25) is 9.69 Å². The molecular weight excluding hydrogens is 586 g/mol. The Balaban J connectivity index is 1.15. The number of carbonyl (C=O) groups is 1. The number of benzene rings is 3. The van der Waals surface area contributed by atoms with Crippen molar-refractivity contribution in [3.05, 3.63) is 99.4 Å². The van der Waals surface area contributed by atoms with Crippen molar-refractivity contribution >= 4 is 40.0 Å². The van der Waals surface area contributed by atoms with Gasteiger partial charge >= 0.3 is 0 Å². The van der Waals surface area contributed by atoms with Gasteiger partial charge in [0.2, 0.25) is 0 Å². The molecule has 0 radical (unpaired) electrons. The van der Waals surface area contributed by atoms with Crippen LogP contribution in [0.2, 0.25) is 10.0 Å². The molecule has 43 heavy (non-hydrogen) atoms. The lowest BCUT2D eigenvalue weighted by Crippen LogP contribution is -2.33. The molecular formula is C34H39Cl2FN4O2. The summed E-state index contributed by atoms with van der Waals surface area (Å²) in [6, 6.07) is 17.8. The molecule has 0 bridgehead atoms. The highest BCUT2D eigenvalue weighted by Gasteiger charge is 2.18. The molecule has 3 aromatic carbocycles. The van der Waals surface area contributed by atoms with Gasteiger partial charge in [0.05, 0.1) is 21.1 Å². The van der Waals surface area contributed by atoms with E-state index >= 15 is 0 Å². The van der Waals surface area contributed by atoms with E-state index in [4.69, 9.17) is 27.9 Å². The lowest BCUT2D eigenvalue weighted by molar-refractivity contribution is 0.0952. The number of aromatic nitrogens is 1. The first-order valence-electron chi connectivity index (χ1n) is 15.1. The summed E-state index contributed by atoms with van der Waals surface area (Å²) in [6.45, 7) is 9.98. The molecule has 0 unspecified atom stereocenters. The zero-order valence-electron chi connectivity index (χ0n) is 24.6. The number of ether oxygens (including phenoxy) is 1. The van der Waals surface area contributed by atoms with Gasteiger partial charge in [-0.25, -0.2) is 4.39 Å². The minimum absolute atomic E-state index is 0.0981. The van der Waals surface area contributed by atoms with Crippen LogP contribution >= 0.6 is 23.2 Å². The number of aryl methyl sites for hydroxylation is 2. The normalized spacial score (nSPS) is 14.6. The lowest BCUT2D eigenvalue weighted by Gasteiger charge is -2.22. The molecule has 228 valence electrons. The van der Waals surface area contributed by atoms with E-state index < -0.39 is 0 Å². The SMILES string of the molecule is CCc1cccc2c(C(=O)NCc3ccc(Cl)c(Cl)c3)cn(CCCN3CCCN(CCOc4ccc(F)cc4)CC3)c12. The van der Waals surface area contributed by atoms with Gasteiger partial charge in [-0.15, -0.1) is 0 Å². The number of fused-ring (bicyclic) bond motifs is 1. The van der Waals surface area contributed by atoms with Gasteiger partial charge in [0.1, 0.15) is 18.2 Å². The molecule has 1 fully saturated rings. The van der Waals surface area contributed by atoms with Crippen molar-refractivity contribution in [3.63, 3.8) is 0 Å². The smallest absolute Gasteiger partial charge is 0.253 e. The zero-order valence-corrected chi connectivity index (χ0v) is 26.1. The second-order valence-electron chi connectivity index (χ2n) is 11.0. The van der Waals surface area contributed by atoms with E-state index in [0.717, 1.165) is 81.5 Å². The third-order valence-corrected chi connectivity index (χ3v) is 8.83. The molecule has 0 spiro atoms. The third kappa shape index (κ3) is 8.30. The third-order valence-electron chi connectivity index (χ3n) is 8.09. The zero-order chi connectivity index (χ0) is 30.2. The van der Waals surface area contributed by atoms with E-state index in [1.807, 2.05) is 24.4 Å². The van der Waals surface area contributed by atoms with Gasteiger partial charge in [-0.05, 0) is 86.4 Å². The predicted molar refractivity (Wildman–Crippen MR) is 173 cm³/mol. The Bertz CT molecular complexity index is 1530. The summed E-state index contributed by atoms with van der Waals surface area (Å²) in [5, 5.41) is 5.02. The van der Waals surface area contributed by atoms with Crippen LogP contribution in [0.5, 0.6) is 5.75 Å². The molecule has 4 aromatic rings. The maximum Gasteiger partial charge on any atom is 0.253 e. The molecule has 0 saturated carbocycles. The van der Waals surface area contributed by atoms with Crippen LogP contribution in [0.1, 0.15) is 41.3 Å². The Morgan fingerprint density at radius 1 is 0.930 bits per heavy atom. The Morgan fingerprint density at radius 2 is 1.70 bits per heavy atom. The van der Waals surface area contributed by atoms with Gasteiger partial charge < -0.3 is 19.5 Å². The van der Waals surface area contributed by atoms with Crippen molar-refractivity contribution in [2.75, 3.05) is 45.9 Å². The molecule has 1 amide bonds. The molecule has 6 nitrogen and oxygen atoms in total. The van der Waals surface area contributed by atoms with Crippen molar-refractivity contribution in [3.8, 4) is 5.75 Å². The van der Waals surface area contributed by atoms with Gasteiger partial charge in [-0.2, -0.15) is 0 Å².